The first-order chi connectivity index (χ1) is 8.20. The molecule has 1 atom stereocenters. The molecule has 1 aromatic heterocycles. The van der Waals surface area contributed by atoms with Crippen molar-refractivity contribution >= 4 is 0 Å². The third-order valence-electron chi connectivity index (χ3n) is 2.82. The van der Waals surface area contributed by atoms with Crippen molar-refractivity contribution in [1.29, 1.82) is 0 Å². The minimum Gasteiger partial charge on any atom is -0.330 e. The van der Waals surface area contributed by atoms with Crippen LogP contribution in [0.25, 0.3) is 11.1 Å². The zero-order valence-corrected chi connectivity index (χ0v) is 10.2. The minimum absolute atomic E-state index is 0.210. The molecule has 3 heteroatoms. The van der Waals surface area contributed by atoms with Crippen molar-refractivity contribution in [3.63, 3.8) is 0 Å². The molecule has 2 N–H and O–H groups in total. The van der Waals surface area contributed by atoms with Crippen molar-refractivity contribution in [2.24, 2.45) is 5.73 Å². The summed E-state index contributed by atoms with van der Waals surface area (Å²) in [6.07, 6.45) is 3.73. The van der Waals surface area contributed by atoms with Crippen molar-refractivity contribution in [2.75, 3.05) is 6.54 Å². The van der Waals surface area contributed by atoms with Gasteiger partial charge in [0.15, 0.2) is 0 Å². The molecule has 1 heterocycles. The number of nitrogens with zero attached hydrogens (tertiary/aromatic N) is 2. The van der Waals surface area contributed by atoms with E-state index in [1.54, 1.807) is 0 Å². The van der Waals surface area contributed by atoms with Crippen LogP contribution in [0.15, 0.2) is 36.7 Å². The zero-order valence-electron chi connectivity index (χ0n) is 10.2. The largest absolute Gasteiger partial charge is 0.330 e. The van der Waals surface area contributed by atoms with Crippen LogP contribution in [-0.2, 0) is 0 Å². The molecule has 0 aliphatic rings. The van der Waals surface area contributed by atoms with Gasteiger partial charge in [-0.2, -0.15) is 0 Å². The molecule has 0 fully saturated rings. The number of nitrogens with two attached hydrogens (primary N) is 1. The summed E-state index contributed by atoms with van der Waals surface area (Å²) in [4.78, 5) is 8.73. The Hall–Kier alpha value is -1.74. The maximum Gasteiger partial charge on any atom is 0.132 e. The third-order valence-corrected chi connectivity index (χ3v) is 2.82. The highest BCUT2D eigenvalue weighted by atomic mass is 14.9. The van der Waals surface area contributed by atoms with E-state index >= 15 is 0 Å². The van der Waals surface area contributed by atoms with Crippen molar-refractivity contribution in [3.05, 3.63) is 48.0 Å². The predicted molar refractivity (Wildman–Crippen MR) is 69.7 cm³/mol. The summed E-state index contributed by atoms with van der Waals surface area (Å²) in [6.45, 7) is 4.68. The molecule has 0 radical (unpaired) electrons. The Morgan fingerprint density at radius 1 is 1.18 bits per heavy atom. The molecule has 0 saturated carbocycles. The number of hydrogen-bond donors (Lipinski definition) is 1. The van der Waals surface area contributed by atoms with Crippen molar-refractivity contribution < 1.29 is 0 Å². The number of benzene rings is 1. The fraction of sp³-hybridized carbons (Fsp3) is 0.286. The summed E-state index contributed by atoms with van der Waals surface area (Å²) in [5.74, 6) is 1.02. The first-order valence-electron chi connectivity index (χ1n) is 5.79. The number of rotatable bonds is 3. The maximum atomic E-state index is 5.59. The van der Waals surface area contributed by atoms with Gasteiger partial charge in [-0.15, -0.1) is 0 Å². The molecular formula is C14H17N3. The van der Waals surface area contributed by atoms with Crippen LogP contribution in [0.3, 0.4) is 0 Å². The summed E-state index contributed by atoms with van der Waals surface area (Å²) in [6, 6.07) is 8.32. The predicted octanol–water partition coefficient (Wildman–Crippen LogP) is 2.51. The summed E-state index contributed by atoms with van der Waals surface area (Å²) < 4.78 is 0. The average Bonchev–Trinajstić information content (AvgIpc) is 2.38. The maximum absolute atomic E-state index is 5.59. The Morgan fingerprint density at radius 2 is 1.88 bits per heavy atom. The SMILES string of the molecule is Cc1cccc(-c2cnc(C(C)CN)nc2)c1. The quantitative estimate of drug-likeness (QED) is 0.876. The first-order valence-corrected chi connectivity index (χ1v) is 5.79. The van der Waals surface area contributed by atoms with Gasteiger partial charge in [0, 0.05) is 30.4 Å². The van der Waals surface area contributed by atoms with E-state index in [0.717, 1.165) is 17.0 Å². The lowest BCUT2D eigenvalue weighted by Gasteiger charge is -2.07. The molecule has 1 aromatic carbocycles. The van der Waals surface area contributed by atoms with E-state index in [1.807, 2.05) is 25.4 Å². The lowest BCUT2D eigenvalue weighted by Crippen LogP contribution is -2.11. The second-order valence-corrected chi connectivity index (χ2v) is 4.34. The van der Waals surface area contributed by atoms with Gasteiger partial charge in [0.05, 0.1) is 0 Å². The monoisotopic (exact) mass is 227 g/mol. The lowest BCUT2D eigenvalue weighted by atomic mass is 10.1. The van der Waals surface area contributed by atoms with Crippen molar-refractivity contribution in [3.8, 4) is 11.1 Å². The van der Waals surface area contributed by atoms with E-state index in [0.29, 0.717) is 6.54 Å². The second-order valence-electron chi connectivity index (χ2n) is 4.34. The highest BCUT2D eigenvalue weighted by Gasteiger charge is 2.06. The van der Waals surface area contributed by atoms with E-state index in [2.05, 4.69) is 35.1 Å². The second kappa shape index (κ2) is 5.06. The third kappa shape index (κ3) is 2.68. The molecule has 2 rings (SSSR count). The van der Waals surface area contributed by atoms with Gasteiger partial charge >= 0.3 is 0 Å². The molecule has 0 aliphatic carbocycles. The van der Waals surface area contributed by atoms with Gasteiger partial charge in [0.2, 0.25) is 0 Å². The Morgan fingerprint density at radius 3 is 2.47 bits per heavy atom. The van der Waals surface area contributed by atoms with E-state index < -0.39 is 0 Å². The van der Waals surface area contributed by atoms with Crippen LogP contribution < -0.4 is 5.73 Å². The highest BCUT2D eigenvalue weighted by Crippen LogP contribution is 2.19. The molecule has 0 aliphatic heterocycles. The summed E-state index contributed by atoms with van der Waals surface area (Å²) in [5, 5.41) is 0. The van der Waals surface area contributed by atoms with Crippen LogP contribution in [0.2, 0.25) is 0 Å². The molecule has 0 saturated heterocycles. The fourth-order valence-electron chi connectivity index (χ4n) is 1.67. The summed E-state index contributed by atoms with van der Waals surface area (Å²) in [7, 11) is 0. The average molecular weight is 227 g/mol. The Balaban J connectivity index is 2.29. The van der Waals surface area contributed by atoms with Gasteiger partial charge in [-0.3, -0.25) is 0 Å². The van der Waals surface area contributed by atoms with Gasteiger partial charge in [-0.1, -0.05) is 36.8 Å². The molecule has 17 heavy (non-hydrogen) atoms. The standard InChI is InChI=1S/C14H17N3/c1-10-4-3-5-12(6-10)13-8-16-14(17-9-13)11(2)7-15/h3-6,8-9,11H,7,15H2,1-2H3. The minimum atomic E-state index is 0.210. The van der Waals surface area contributed by atoms with Gasteiger partial charge in [-0.05, 0) is 12.5 Å². The van der Waals surface area contributed by atoms with Gasteiger partial charge in [-0.25, -0.2) is 9.97 Å². The molecule has 3 nitrogen and oxygen atoms in total. The topological polar surface area (TPSA) is 51.8 Å². The van der Waals surface area contributed by atoms with Crippen LogP contribution in [0.1, 0.15) is 24.2 Å². The van der Waals surface area contributed by atoms with Crippen molar-refractivity contribution in [1.82, 2.24) is 9.97 Å². The Bertz CT molecular complexity index is 491. The van der Waals surface area contributed by atoms with Crippen LogP contribution in [0, 0.1) is 6.92 Å². The number of aryl methyl sites for hydroxylation is 1. The fourth-order valence-corrected chi connectivity index (χ4v) is 1.67. The van der Waals surface area contributed by atoms with Gasteiger partial charge < -0.3 is 5.73 Å². The van der Waals surface area contributed by atoms with E-state index in [-0.39, 0.29) is 5.92 Å². The van der Waals surface area contributed by atoms with Crippen LogP contribution in [0.5, 0.6) is 0 Å². The van der Waals surface area contributed by atoms with E-state index in [9.17, 15) is 0 Å². The molecule has 0 bridgehead atoms. The lowest BCUT2D eigenvalue weighted by molar-refractivity contribution is 0.712. The Kier molecular flexibility index (Phi) is 3.49. The van der Waals surface area contributed by atoms with Crippen LogP contribution in [-0.4, -0.2) is 16.5 Å². The van der Waals surface area contributed by atoms with Crippen molar-refractivity contribution in [2.45, 2.75) is 19.8 Å². The molecular weight excluding hydrogens is 210 g/mol. The molecule has 88 valence electrons. The first kappa shape index (κ1) is 11.7. The van der Waals surface area contributed by atoms with Crippen LogP contribution >= 0.6 is 0 Å². The smallest absolute Gasteiger partial charge is 0.132 e. The molecule has 0 spiro atoms. The summed E-state index contributed by atoms with van der Waals surface area (Å²) >= 11 is 0. The summed E-state index contributed by atoms with van der Waals surface area (Å²) in [5.41, 5.74) is 9.02. The highest BCUT2D eigenvalue weighted by molar-refractivity contribution is 5.62. The Labute approximate surface area is 102 Å². The normalized spacial score (nSPS) is 12.4. The zero-order chi connectivity index (χ0) is 12.3. The molecule has 0 amide bonds. The van der Waals surface area contributed by atoms with E-state index in [1.165, 1.54) is 5.56 Å². The van der Waals surface area contributed by atoms with Crippen LogP contribution in [0.4, 0.5) is 0 Å². The number of hydrogen-bond acceptors (Lipinski definition) is 3. The van der Waals surface area contributed by atoms with E-state index in [4.69, 9.17) is 5.73 Å². The molecule has 1 unspecified atom stereocenters. The van der Waals surface area contributed by atoms with Gasteiger partial charge in [0.1, 0.15) is 5.82 Å². The molecule has 2 aromatic rings. The number of aromatic nitrogens is 2. The van der Waals surface area contributed by atoms with Gasteiger partial charge in [0.25, 0.3) is 0 Å².